The third-order valence-electron chi connectivity index (χ3n) is 3.80. The zero-order valence-electron chi connectivity index (χ0n) is 13.1. The zero-order valence-corrected chi connectivity index (χ0v) is 13.9. The number of esters is 1. The summed E-state index contributed by atoms with van der Waals surface area (Å²) in [6.45, 7) is 3.32. The minimum absolute atomic E-state index is 0.211. The van der Waals surface area contributed by atoms with Crippen molar-refractivity contribution in [1.29, 1.82) is 0 Å². The SMILES string of the molecule is CCOC(=O)[C@H]1CSCCN1Cc1nc2c(cnn2C)c(=O)[nH]1. The molecule has 8 nitrogen and oxygen atoms in total. The quantitative estimate of drug-likeness (QED) is 0.793. The molecule has 0 aliphatic carbocycles. The Labute approximate surface area is 137 Å². The number of hydrogen-bond acceptors (Lipinski definition) is 7. The number of carbonyl (C=O) groups excluding carboxylic acids is 1. The summed E-state index contributed by atoms with van der Waals surface area (Å²) in [7, 11) is 1.75. The number of nitrogens with zero attached hydrogens (tertiary/aromatic N) is 4. The highest BCUT2D eigenvalue weighted by molar-refractivity contribution is 7.99. The summed E-state index contributed by atoms with van der Waals surface area (Å²) in [5.41, 5.74) is 0.333. The Bertz CT molecular complexity index is 771. The van der Waals surface area contributed by atoms with Crippen LogP contribution in [0.4, 0.5) is 0 Å². The molecule has 2 aromatic heterocycles. The summed E-state index contributed by atoms with van der Waals surface area (Å²) in [5.74, 6) is 1.95. The van der Waals surface area contributed by atoms with E-state index in [0.717, 1.165) is 12.3 Å². The molecule has 3 rings (SSSR count). The minimum atomic E-state index is -0.304. The van der Waals surface area contributed by atoms with Crippen LogP contribution < -0.4 is 5.56 Å². The number of fused-ring (bicyclic) bond motifs is 1. The Kier molecular flexibility index (Phi) is 4.67. The van der Waals surface area contributed by atoms with E-state index in [2.05, 4.69) is 15.1 Å². The first-order chi connectivity index (χ1) is 11.1. The van der Waals surface area contributed by atoms with Crippen LogP contribution in [0.25, 0.3) is 11.0 Å². The van der Waals surface area contributed by atoms with E-state index in [1.54, 1.807) is 30.4 Å². The number of aryl methyl sites for hydroxylation is 1. The van der Waals surface area contributed by atoms with Gasteiger partial charge in [0.05, 0.1) is 19.3 Å². The third kappa shape index (κ3) is 3.25. The molecule has 1 aliphatic heterocycles. The predicted octanol–water partition coefficient (Wildman–Crippen LogP) is 0.137. The molecule has 0 bridgehead atoms. The average molecular weight is 337 g/mol. The fourth-order valence-corrected chi connectivity index (χ4v) is 3.73. The van der Waals surface area contributed by atoms with Crippen molar-refractivity contribution in [3.8, 4) is 0 Å². The van der Waals surface area contributed by atoms with E-state index < -0.39 is 0 Å². The van der Waals surface area contributed by atoms with Gasteiger partial charge in [-0.25, -0.2) is 4.98 Å². The molecule has 1 saturated heterocycles. The van der Waals surface area contributed by atoms with Crippen molar-refractivity contribution in [3.63, 3.8) is 0 Å². The van der Waals surface area contributed by atoms with Crippen molar-refractivity contribution in [2.24, 2.45) is 7.05 Å². The predicted molar refractivity (Wildman–Crippen MR) is 87.3 cm³/mol. The second-order valence-electron chi connectivity index (χ2n) is 5.33. The molecule has 2 aromatic rings. The van der Waals surface area contributed by atoms with Gasteiger partial charge in [0.15, 0.2) is 5.65 Å². The lowest BCUT2D eigenvalue weighted by atomic mass is 10.2. The summed E-state index contributed by atoms with van der Waals surface area (Å²) in [5, 5.41) is 4.52. The van der Waals surface area contributed by atoms with Gasteiger partial charge in [-0.05, 0) is 6.92 Å². The molecular formula is C14H19N5O3S. The monoisotopic (exact) mass is 337 g/mol. The number of aromatic nitrogens is 4. The maximum atomic E-state index is 12.1. The molecule has 0 amide bonds. The van der Waals surface area contributed by atoms with E-state index in [0.29, 0.717) is 35.8 Å². The molecular weight excluding hydrogens is 318 g/mol. The Morgan fingerprint density at radius 2 is 2.39 bits per heavy atom. The molecule has 0 aromatic carbocycles. The largest absolute Gasteiger partial charge is 0.465 e. The highest BCUT2D eigenvalue weighted by Crippen LogP contribution is 2.19. The highest BCUT2D eigenvalue weighted by atomic mass is 32.2. The number of ether oxygens (including phenoxy) is 1. The van der Waals surface area contributed by atoms with Gasteiger partial charge in [-0.3, -0.25) is 19.2 Å². The van der Waals surface area contributed by atoms with E-state index in [-0.39, 0.29) is 17.6 Å². The average Bonchev–Trinajstić information content (AvgIpc) is 2.90. The van der Waals surface area contributed by atoms with Gasteiger partial charge in [0.25, 0.3) is 5.56 Å². The molecule has 0 radical (unpaired) electrons. The van der Waals surface area contributed by atoms with Gasteiger partial charge in [0, 0.05) is 25.1 Å². The van der Waals surface area contributed by atoms with E-state index in [4.69, 9.17) is 4.74 Å². The lowest BCUT2D eigenvalue weighted by molar-refractivity contribution is -0.149. The number of hydrogen-bond donors (Lipinski definition) is 1. The lowest BCUT2D eigenvalue weighted by Gasteiger charge is -2.33. The van der Waals surface area contributed by atoms with Crippen molar-refractivity contribution in [1.82, 2.24) is 24.6 Å². The van der Waals surface area contributed by atoms with Crippen LogP contribution in [0.1, 0.15) is 12.7 Å². The molecule has 1 N–H and O–H groups in total. The topological polar surface area (TPSA) is 93.1 Å². The normalized spacial score (nSPS) is 19.1. The molecule has 9 heteroatoms. The molecule has 0 unspecified atom stereocenters. The fourth-order valence-electron chi connectivity index (χ4n) is 2.63. The lowest BCUT2D eigenvalue weighted by Crippen LogP contribution is -2.47. The second kappa shape index (κ2) is 6.71. The van der Waals surface area contributed by atoms with Crippen LogP contribution in [0.2, 0.25) is 0 Å². The smallest absolute Gasteiger partial charge is 0.324 e. The number of rotatable bonds is 4. The first-order valence-electron chi connectivity index (χ1n) is 7.49. The first kappa shape index (κ1) is 16.0. The molecule has 0 spiro atoms. The van der Waals surface area contributed by atoms with Crippen LogP contribution in [0.3, 0.4) is 0 Å². The number of thioether (sulfide) groups is 1. The van der Waals surface area contributed by atoms with Crippen LogP contribution in [-0.4, -0.2) is 61.3 Å². The summed E-state index contributed by atoms with van der Waals surface area (Å²) in [6.07, 6.45) is 1.50. The molecule has 3 heterocycles. The van der Waals surface area contributed by atoms with Gasteiger partial charge in [-0.1, -0.05) is 0 Å². The Balaban J connectivity index is 1.85. The molecule has 1 atom stereocenters. The number of carbonyl (C=O) groups is 1. The van der Waals surface area contributed by atoms with Gasteiger partial charge >= 0.3 is 5.97 Å². The van der Waals surface area contributed by atoms with Crippen molar-refractivity contribution in [3.05, 3.63) is 22.4 Å². The highest BCUT2D eigenvalue weighted by Gasteiger charge is 2.30. The molecule has 1 fully saturated rings. The van der Waals surface area contributed by atoms with Gasteiger partial charge in [-0.15, -0.1) is 0 Å². The maximum absolute atomic E-state index is 12.1. The van der Waals surface area contributed by atoms with Crippen LogP contribution >= 0.6 is 11.8 Å². The number of H-pyrrole nitrogens is 1. The zero-order chi connectivity index (χ0) is 16.4. The van der Waals surface area contributed by atoms with Crippen LogP contribution in [0, 0.1) is 0 Å². The van der Waals surface area contributed by atoms with Crippen LogP contribution in [0.15, 0.2) is 11.0 Å². The van der Waals surface area contributed by atoms with Gasteiger partial charge < -0.3 is 9.72 Å². The van der Waals surface area contributed by atoms with E-state index in [1.807, 2.05) is 4.90 Å². The Morgan fingerprint density at radius 1 is 1.57 bits per heavy atom. The molecule has 0 saturated carbocycles. The minimum Gasteiger partial charge on any atom is -0.465 e. The second-order valence-corrected chi connectivity index (χ2v) is 6.48. The number of nitrogens with one attached hydrogen (secondary N) is 1. The van der Waals surface area contributed by atoms with Gasteiger partial charge in [-0.2, -0.15) is 16.9 Å². The van der Waals surface area contributed by atoms with Crippen LogP contribution in [-0.2, 0) is 23.1 Å². The van der Waals surface area contributed by atoms with E-state index in [9.17, 15) is 9.59 Å². The van der Waals surface area contributed by atoms with Crippen molar-refractivity contribution >= 4 is 28.8 Å². The van der Waals surface area contributed by atoms with Crippen molar-refractivity contribution in [2.45, 2.75) is 19.5 Å². The third-order valence-corrected chi connectivity index (χ3v) is 4.82. The standard InChI is InChI=1S/C14H19N5O3S/c1-3-22-14(21)10-8-23-5-4-19(10)7-11-16-12-9(13(20)17-11)6-15-18(12)2/h6,10H,3-5,7-8H2,1-2H3,(H,16,17,20)/t10-/m1/s1. The summed E-state index contributed by atoms with van der Waals surface area (Å²) in [4.78, 5) is 33.5. The van der Waals surface area contributed by atoms with Gasteiger partial charge in [0.1, 0.15) is 17.3 Å². The number of aromatic amines is 1. The van der Waals surface area contributed by atoms with E-state index in [1.165, 1.54) is 6.20 Å². The Hall–Kier alpha value is -1.87. The molecule has 23 heavy (non-hydrogen) atoms. The van der Waals surface area contributed by atoms with Crippen molar-refractivity contribution in [2.75, 3.05) is 24.7 Å². The van der Waals surface area contributed by atoms with Gasteiger partial charge in [0.2, 0.25) is 0 Å². The fraction of sp³-hybridized carbons (Fsp3) is 0.571. The van der Waals surface area contributed by atoms with Crippen molar-refractivity contribution < 1.29 is 9.53 Å². The van der Waals surface area contributed by atoms with E-state index >= 15 is 0 Å². The summed E-state index contributed by atoms with van der Waals surface area (Å²) >= 11 is 1.73. The first-order valence-corrected chi connectivity index (χ1v) is 8.65. The molecule has 1 aliphatic rings. The van der Waals surface area contributed by atoms with Crippen LogP contribution in [0.5, 0.6) is 0 Å². The Morgan fingerprint density at radius 3 is 3.17 bits per heavy atom. The maximum Gasteiger partial charge on any atom is 0.324 e. The summed E-state index contributed by atoms with van der Waals surface area (Å²) < 4.78 is 6.72. The molecule has 124 valence electrons. The summed E-state index contributed by atoms with van der Waals surface area (Å²) in [6, 6.07) is -0.304.